The topological polar surface area (TPSA) is 91.4 Å². The molecule has 0 N–H and O–H groups in total. The van der Waals surface area contributed by atoms with Gasteiger partial charge in [0.1, 0.15) is 17.8 Å². The van der Waals surface area contributed by atoms with Gasteiger partial charge in [-0.05, 0) is 44.4 Å². The second kappa shape index (κ2) is 9.17. The predicted molar refractivity (Wildman–Crippen MR) is 117 cm³/mol. The SMILES string of the molecule is CCC(C)C1(OC(=O)C2C3CC4C(OC(=O)C42)C3OC(=O)CN2CCOCC2)CCCCC1. The lowest BCUT2D eigenvalue weighted by atomic mass is 9.74. The van der Waals surface area contributed by atoms with Crippen LogP contribution in [0.2, 0.25) is 0 Å². The summed E-state index contributed by atoms with van der Waals surface area (Å²) in [4.78, 5) is 41.1. The minimum absolute atomic E-state index is 0.0628. The van der Waals surface area contributed by atoms with Crippen molar-refractivity contribution < 1.29 is 33.3 Å². The lowest BCUT2D eigenvalue weighted by Crippen LogP contribution is -2.49. The van der Waals surface area contributed by atoms with Crippen molar-refractivity contribution in [3.8, 4) is 0 Å². The summed E-state index contributed by atoms with van der Waals surface area (Å²) in [6.07, 6.45) is 5.67. The molecule has 0 amide bonds. The van der Waals surface area contributed by atoms with E-state index in [1.54, 1.807) is 0 Å². The van der Waals surface area contributed by atoms with Gasteiger partial charge in [-0.15, -0.1) is 0 Å². The Hall–Kier alpha value is -1.67. The molecule has 2 bridgehead atoms. The van der Waals surface area contributed by atoms with Gasteiger partial charge < -0.3 is 18.9 Å². The zero-order valence-corrected chi connectivity index (χ0v) is 19.8. The third-order valence-corrected chi connectivity index (χ3v) is 9.06. The molecule has 5 fully saturated rings. The zero-order valence-electron chi connectivity index (χ0n) is 19.8. The molecule has 7 unspecified atom stereocenters. The average Bonchev–Trinajstić information content (AvgIpc) is 3.43. The van der Waals surface area contributed by atoms with Crippen molar-refractivity contribution in [2.24, 2.45) is 29.6 Å². The van der Waals surface area contributed by atoms with E-state index in [1.165, 1.54) is 6.42 Å². The molecule has 0 aromatic heterocycles. The molecule has 2 aliphatic heterocycles. The summed E-state index contributed by atoms with van der Waals surface area (Å²) in [7, 11) is 0. The molecular formula is C25H37NO7. The number of hydrogen-bond donors (Lipinski definition) is 0. The maximum atomic E-state index is 13.6. The van der Waals surface area contributed by atoms with E-state index in [0.717, 1.165) is 32.1 Å². The van der Waals surface area contributed by atoms with Crippen LogP contribution in [0.4, 0.5) is 0 Å². The highest BCUT2D eigenvalue weighted by atomic mass is 16.6. The molecule has 0 aromatic carbocycles. The largest absolute Gasteiger partial charge is 0.459 e. The van der Waals surface area contributed by atoms with Crippen LogP contribution in [0.25, 0.3) is 0 Å². The van der Waals surface area contributed by atoms with Crippen LogP contribution in [0, 0.1) is 29.6 Å². The van der Waals surface area contributed by atoms with E-state index in [1.807, 2.05) is 4.90 Å². The second-order valence-corrected chi connectivity index (χ2v) is 10.7. The maximum Gasteiger partial charge on any atom is 0.320 e. The Balaban J connectivity index is 1.30. The molecule has 184 valence electrons. The Kier molecular flexibility index (Phi) is 6.42. The number of esters is 3. The predicted octanol–water partition coefficient (Wildman–Crippen LogP) is 2.33. The van der Waals surface area contributed by atoms with E-state index < -0.39 is 29.6 Å². The Morgan fingerprint density at radius 1 is 1.15 bits per heavy atom. The summed E-state index contributed by atoms with van der Waals surface area (Å²) in [6.45, 7) is 7.08. The number of ether oxygens (including phenoxy) is 4. The maximum absolute atomic E-state index is 13.6. The smallest absolute Gasteiger partial charge is 0.320 e. The number of carbonyl (C=O) groups is 3. The van der Waals surface area contributed by atoms with Crippen LogP contribution in [0.1, 0.15) is 58.8 Å². The first-order valence-electron chi connectivity index (χ1n) is 12.9. The van der Waals surface area contributed by atoms with Gasteiger partial charge in [0, 0.05) is 24.9 Å². The minimum atomic E-state index is -0.578. The summed E-state index contributed by atoms with van der Waals surface area (Å²) in [5, 5.41) is 0. The quantitative estimate of drug-likeness (QED) is 0.420. The monoisotopic (exact) mass is 463 g/mol. The number of morpholine rings is 1. The minimum Gasteiger partial charge on any atom is -0.459 e. The molecular weight excluding hydrogens is 426 g/mol. The molecule has 3 saturated carbocycles. The highest BCUT2D eigenvalue weighted by Crippen LogP contribution is 2.59. The Bertz CT molecular complexity index is 773. The van der Waals surface area contributed by atoms with Gasteiger partial charge in [-0.1, -0.05) is 20.3 Å². The fraction of sp³-hybridized carbons (Fsp3) is 0.880. The van der Waals surface area contributed by atoms with Crippen molar-refractivity contribution >= 4 is 17.9 Å². The molecule has 33 heavy (non-hydrogen) atoms. The first-order valence-corrected chi connectivity index (χ1v) is 12.9. The van der Waals surface area contributed by atoms with E-state index in [0.29, 0.717) is 32.7 Å². The summed E-state index contributed by atoms with van der Waals surface area (Å²) in [6, 6.07) is 0. The van der Waals surface area contributed by atoms with Gasteiger partial charge in [-0.2, -0.15) is 0 Å². The number of nitrogens with zero attached hydrogens (tertiary/aromatic N) is 1. The summed E-state index contributed by atoms with van der Waals surface area (Å²) < 4.78 is 23.2. The molecule has 0 aromatic rings. The fourth-order valence-electron chi connectivity index (χ4n) is 7.09. The molecule has 2 heterocycles. The highest BCUT2D eigenvalue weighted by molar-refractivity contribution is 5.86. The standard InChI is InChI=1S/C25H37NO7/c1-3-15(2)25(7-5-4-6-8-25)33-24(29)20-17-13-16-19(20)23(28)32-22(16)21(17)31-18(27)14-26-9-11-30-12-10-26/h15-17,19-22H,3-14H2,1-2H3. The first-order chi connectivity index (χ1) is 15.9. The van der Waals surface area contributed by atoms with Gasteiger partial charge in [-0.3, -0.25) is 19.3 Å². The molecule has 7 atom stereocenters. The fourth-order valence-corrected chi connectivity index (χ4v) is 7.09. The molecule has 3 aliphatic carbocycles. The van der Waals surface area contributed by atoms with Gasteiger partial charge >= 0.3 is 17.9 Å². The summed E-state index contributed by atoms with van der Waals surface area (Å²) >= 11 is 0. The number of hydrogen-bond acceptors (Lipinski definition) is 8. The normalized spacial score (nSPS) is 38.1. The molecule has 0 radical (unpaired) electrons. The van der Waals surface area contributed by atoms with E-state index >= 15 is 0 Å². The summed E-state index contributed by atoms with van der Waals surface area (Å²) in [5.41, 5.74) is -0.448. The Morgan fingerprint density at radius 2 is 1.88 bits per heavy atom. The van der Waals surface area contributed by atoms with Gasteiger partial charge in [0.15, 0.2) is 0 Å². The van der Waals surface area contributed by atoms with Crippen LogP contribution in [0.3, 0.4) is 0 Å². The van der Waals surface area contributed by atoms with E-state index in [4.69, 9.17) is 18.9 Å². The lowest BCUT2D eigenvalue weighted by Gasteiger charge is -2.43. The average molecular weight is 464 g/mol. The number of rotatable bonds is 7. The van der Waals surface area contributed by atoms with Crippen molar-refractivity contribution in [1.29, 1.82) is 0 Å². The third-order valence-electron chi connectivity index (χ3n) is 9.06. The highest BCUT2D eigenvalue weighted by Gasteiger charge is 2.70. The Labute approximate surface area is 195 Å². The lowest BCUT2D eigenvalue weighted by molar-refractivity contribution is -0.184. The van der Waals surface area contributed by atoms with Crippen molar-refractivity contribution in [1.82, 2.24) is 4.90 Å². The number of carbonyl (C=O) groups excluding carboxylic acids is 3. The van der Waals surface area contributed by atoms with Gasteiger partial charge in [0.05, 0.1) is 31.6 Å². The second-order valence-electron chi connectivity index (χ2n) is 10.7. The summed E-state index contributed by atoms with van der Waals surface area (Å²) in [5.74, 6) is -1.99. The third kappa shape index (κ3) is 4.07. The van der Waals surface area contributed by atoms with Gasteiger partial charge in [0.2, 0.25) is 0 Å². The van der Waals surface area contributed by atoms with Crippen molar-refractivity contribution in [2.45, 2.75) is 76.6 Å². The molecule has 5 rings (SSSR count). The van der Waals surface area contributed by atoms with Gasteiger partial charge in [-0.25, -0.2) is 0 Å². The molecule has 8 heteroatoms. The first kappa shape index (κ1) is 23.1. The van der Waals surface area contributed by atoms with Crippen molar-refractivity contribution in [3.05, 3.63) is 0 Å². The van der Waals surface area contributed by atoms with Crippen LogP contribution in [0.15, 0.2) is 0 Å². The van der Waals surface area contributed by atoms with Crippen molar-refractivity contribution in [2.75, 3.05) is 32.8 Å². The molecule has 5 aliphatic rings. The van der Waals surface area contributed by atoms with Crippen LogP contribution >= 0.6 is 0 Å². The van der Waals surface area contributed by atoms with Crippen LogP contribution in [-0.4, -0.2) is 73.5 Å². The van der Waals surface area contributed by atoms with Crippen LogP contribution in [0.5, 0.6) is 0 Å². The van der Waals surface area contributed by atoms with Crippen molar-refractivity contribution in [3.63, 3.8) is 0 Å². The molecule has 8 nitrogen and oxygen atoms in total. The Morgan fingerprint density at radius 3 is 2.58 bits per heavy atom. The molecule has 2 saturated heterocycles. The van der Waals surface area contributed by atoms with E-state index in [-0.39, 0.29) is 42.2 Å². The number of fused-ring (bicyclic) bond motifs is 1. The van der Waals surface area contributed by atoms with Gasteiger partial charge in [0.25, 0.3) is 0 Å². The van der Waals surface area contributed by atoms with Crippen LogP contribution in [-0.2, 0) is 33.3 Å². The zero-order chi connectivity index (χ0) is 23.2. The van der Waals surface area contributed by atoms with E-state index in [2.05, 4.69) is 13.8 Å². The van der Waals surface area contributed by atoms with Crippen LogP contribution < -0.4 is 0 Å². The molecule has 0 spiro atoms. The van der Waals surface area contributed by atoms with E-state index in [9.17, 15) is 14.4 Å².